The number of pyridine rings is 1. The first-order valence-electron chi connectivity index (χ1n) is 7.78. The third kappa shape index (κ3) is 3.25. The molecule has 6 heteroatoms. The number of anilines is 1. The zero-order valence-electron chi connectivity index (χ0n) is 14.0. The molecule has 0 aliphatic carbocycles. The van der Waals surface area contributed by atoms with Crippen LogP contribution in [0.4, 0.5) is 5.69 Å². The molecule has 0 aliphatic heterocycles. The SMILES string of the molecule is C=CC(=O)Nc1c(OC)ccc2ccc(-c3cccc(C(=O)O)n3)cc12. The molecule has 1 aromatic heterocycles. The third-order valence-corrected chi connectivity index (χ3v) is 3.90. The second-order valence-corrected chi connectivity index (χ2v) is 5.49. The number of nitrogens with one attached hydrogen (secondary N) is 1. The summed E-state index contributed by atoms with van der Waals surface area (Å²) in [7, 11) is 1.52. The maximum Gasteiger partial charge on any atom is 0.354 e. The maximum absolute atomic E-state index is 11.8. The Labute approximate surface area is 149 Å². The molecular formula is C20H16N2O4. The molecule has 2 aromatic carbocycles. The van der Waals surface area contributed by atoms with Crippen LogP contribution >= 0.6 is 0 Å². The molecule has 0 saturated heterocycles. The van der Waals surface area contributed by atoms with Gasteiger partial charge in [0.1, 0.15) is 11.4 Å². The first kappa shape index (κ1) is 17.2. The number of ether oxygens (including phenoxy) is 1. The van der Waals surface area contributed by atoms with E-state index in [2.05, 4.69) is 16.9 Å². The van der Waals surface area contributed by atoms with E-state index in [1.807, 2.05) is 24.3 Å². The molecule has 0 saturated carbocycles. The van der Waals surface area contributed by atoms with Crippen LogP contribution in [0, 0.1) is 0 Å². The van der Waals surface area contributed by atoms with E-state index in [9.17, 15) is 9.59 Å². The van der Waals surface area contributed by atoms with Gasteiger partial charge in [-0.3, -0.25) is 4.79 Å². The summed E-state index contributed by atoms with van der Waals surface area (Å²) in [5, 5.41) is 13.5. The highest BCUT2D eigenvalue weighted by Crippen LogP contribution is 2.35. The molecule has 0 spiro atoms. The number of carboxylic acids is 1. The zero-order valence-corrected chi connectivity index (χ0v) is 14.0. The minimum atomic E-state index is -1.09. The fourth-order valence-corrected chi connectivity index (χ4v) is 2.65. The van der Waals surface area contributed by atoms with Crippen LogP contribution in [0.2, 0.25) is 0 Å². The summed E-state index contributed by atoms with van der Waals surface area (Å²) in [5.41, 5.74) is 1.73. The molecule has 0 fully saturated rings. The lowest BCUT2D eigenvalue weighted by atomic mass is 10.0. The minimum absolute atomic E-state index is 0.0339. The third-order valence-electron chi connectivity index (χ3n) is 3.90. The van der Waals surface area contributed by atoms with Gasteiger partial charge >= 0.3 is 5.97 Å². The van der Waals surface area contributed by atoms with E-state index in [4.69, 9.17) is 9.84 Å². The Bertz CT molecular complexity index is 1030. The van der Waals surface area contributed by atoms with Gasteiger partial charge in [0.15, 0.2) is 0 Å². The van der Waals surface area contributed by atoms with Gasteiger partial charge in [-0.2, -0.15) is 0 Å². The Morgan fingerprint density at radius 3 is 2.65 bits per heavy atom. The monoisotopic (exact) mass is 348 g/mol. The normalized spacial score (nSPS) is 10.3. The van der Waals surface area contributed by atoms with E-state index in [0.29, 0.717) is 17.1 Å². The number of methoxy groups -OCH3 is 1. The average Bonchev–Trinajstić information content (AvgIpc) is 2.67. The van der Waals surface area contributed by atoms with E-state index in [0.717, 1.165) is 16.3 Å². The second kappa shape index (κ2) is 7.06. The first-order chi connectivity index (χ1) is 12.5. The highest BCUT2D eigenvalue weighted by molar-refractivity contribution is 6.08. The van der Waals surface area contributed by atoms with Crippen LogP contribution in [-0.2, 0) is 4.79 Å². The van der Waals surface area contributed by atoms with Crippen LogP contribution < -0.4 is 10.1 Å². The van der Waals surface area contributed by atoms with Crippen molar-refractivity contribution < 1.29 is 19.4 Å². The van der Waals surface area contributed by atoms with Crippen molar-refractivity contribution in [3.05, 3.63) is 66.9 Å². The summed E-state index contributed by atoms with van der Waals surface area (Å²) in [5.74, 6) is -0.933. The molecular weight excluding hydrogens is 332 g/mol. The van der Waals surface area contributed by atoms with E-state index in [1.165, 1.54) is 19.3 Å². The Balaban J connectivity index is 2.19. The predicted molar refractivity (Wildman–Crippen MR) is 99.5 cm³/mol. The fraction of sp³-hybridized carbons (Fsp3) is 0.0500. The summed E-state index contributed by atoms with van der Waals surface area (Å²) in [6.45, 7) is 3.47. The minimum Gasteiger partial charge on any atom is -0.495 e. The number of hydrogen-bond donors (Lipinski definition) is 2. The lowest BCUT2D eigenvalue weighted by molar-refractivity contribution is -0.111. The molecule has 130 valence electrons. The quantitative estimate of drug-likeness (QED) is 0.686. The molecule has 0 bridgehead atoms. The average molecular weight is 348 g/mol. The fourth-order valence-electron chi connectivity index (χ4n) is 2.65. The second-order valence-electron chi connectivity index (χ2n) is 5.49. The van der Waals surface area contributed by atoms with Crippen LogP contribution in [0.3, 0.4) is 0 Å². The van der Waals surface area contributed by atoms with E-state index >= 15 is 0 Å². The van der Waals surface area contributed by atoms with Crippen molar-refractivity contribution >= 4 is 28.3 Å². The lowest BCUT2D eigenvalue weighted by Gasteiger charge is -2.13. The first-order valence-corrected chi connectivity index (χ1v) is 7.78. The lowest BCUT2D eigenvalue weighted by Crippen LogP contribution is -2.09. The van der Waals surface area contributed by atoms with Crippen molar-refractivity contribution in [3.63, 3.8) is 0 Å². The number of fused-ring (bicyclic) bond motifs is 1. The number of benzene rings is 2. The topological polar surface area (TPSA) is 88.5 Å². The molecule has 0 aliphatic rings. The molecule has 1 heterocycles. The number of carbonyl (C=O) groups is 2. The van der Waals surface area contributed by atoms with Gasteiger partial charge in [0.25, 0.3) is 0 Å². The predicted octanol–water partition coefficient (Wildman–Crippen LogP) is 3.73. The number of amides is 1. The van der Waals surface area contributed by atoms with Gasteiger partial charge in [0, 0.05) is 10.9 Å². The number of aromatic carboxylic acids is 1. The molecule has 0 radical (unpaired) electrons. The van der Waals surface area contributed by atoms with Crippen molar-refractivity contribution in [2.45, 2.75) is 0 Å². The van der Waals surface area contributed by atoms with Crippen molar-refractivity contribution in [2.24, 2.45) is 0 Å². The summed E-state index contributed by atoms with van der Waals surface area (Å²) in [4.78, 5) is 27.1. The van der Waals surface area contributed by atoms with Crippen molar-refractivity contribution in [1.29, 1.82) is 0 Å². The van der Waals surface area contributed by atoms with Crippen molar-refractivity contribution in [3.8, 4) is 17.0 Å². The van der Waals surface area contributed by atoms with Crippen molar-refractivity contribution in [2.75, 3.05) is 12.4 Å². The van der Waals surface area contributed by atoms with Gasteiger partial charge in [0.2, 0.25) is 5.91 Å². The zero-order chi connectivity index (χ0) is 18.7. The van der Waals surface area contributed by atoms with Crippen LogP contribution in [0.1, 0.15) is 10.5 Å². The molecule has 0 atom stereocenters. The maximum atomic E-state index is 11.8. The van der Waals surface area contributed by atoms with Gasteiger partial charge in [-0.1, -0.05) is 30.8 Å². The molecule has 2 N–H and O–H groups in total. The number of aromatic nitrogens is 1. The molecule has 26 heavy (non-hydrogen) atoms. The number of nitrogens with zero attached hydrogens (tertiary/aromatic N) is 1. The molecule has 1 amide bonds. The summed E-state index contributed by atoms with van der Waals surface area (Å²) >= 11 is 0. The van der Waals surface area contributed by atoms with Crippen LogP contribution in [0.15, 0.2) is 61.2 Å². The summed E-state index contributed by atoms with van der Waals surface area (Å²) < 4.78 is 5.35. The molecule has 6 nitrogen and oxygen atoms in total. The highest BCUT2D eigenvalue weighted by atomic mass is 16.5. The Morgan fingerprint density at radius 1 is 1.19 bits per heavy atom. The smallest absolute Gasteiger partial charge is 0.354 e. The van der Waals surface area contributed by atoms with Gasteiger partial charge in [-0.25, -0.2) is 9.78 Å². The van der Waals surface area contributed by atoms with Gasteiger partial charge in [-0.05, 0) is 35.7 Å². The van der Waals surface area contributed by atoms with Crippen molar-refractivity contribution in [1.82, 2.24) is 4.98 Å². The largest absolute Gasteiger partial charge is 0.495 e. The molecule has 0 unspecified atom stereocenters. The van der Waals surface area contributed by atoms with Crippen LogP contribution in [0.25, 0.3) is 22.0 Å². The number of carboxylic acid groups (broad SMARTS) is 1. The van der Waals surface area contributed by atoms with Gasteiger partial charge in [-0.15, -0.1) is 0 Å². The molecule has 3 rings (SSSR count). The van der Waals surface area contributed by atoms with E-state index in [-0.39, 0.29) is 11.6 Å². The van der Waals surface area contributed by atoms with E-state index < -0.39 is 5.97 Å². The van der Waals surface area contributed by atoms with Crippen LogP contribution in [-0.4, -0.2) is 29.1 Å². The van der Waals surface area contributed by atoms with Gasteiger partial charge < -0.3 is 15.2 Å². The summed E-state index contributed by atoms with van der Waals surface area (Å²) in [6.07, 6.45) is 1.18. The highest BCUT2D eigenvalue weighted by Gasteiger charge is 2.13. The number of carbonyl (C=O) groups excluding carboxylic acids is 1. The Morgan fingerprint density at radius 2 is 1.96 bits per heavy atom. The standard InChI is InChI=1S/C20H16N2O4/c1-3-18(23)22-19-14-11-13(8-7-12(14)9-10-17(19)26-2)15-5-4-6-16(21-15)20(24)25/h3-11H,1H2,2H3,(H,22,23)(H,24,25). The van der Waals surface area contributed by atoms with Gasteiger partial charge in [0.05, 0.1) is 18.5 Å². The van der Waals surface area contributed by atoms with Crippen LogP contribution in [0.5, 0.6) is 5.75 Å². The van der Waals surface area contributed by atoms with E-state index in [1.54, 1.807) is 18.2 Å². The Kier molecular flexibility index (Phi) is 4.66. The molecule has 3 aromatic rings. The number of hydrogen-bond acceptors (Lipinski definition) is 4. The number of rotatable bonds is 5. The Hall–Kier alpha value is -3.67. The summed E-state index contributed by atoms with van der Waals surface area (Å²) in [6, 6.07) is 14.0.